The topological polar surface area (TPSA) is 122 Å². The maximum Gasteiger partial charge on any atom is 0.416 e. The van der Waals surface area contributed by atoms with Gasteiger partial charge in [-0.25, -0.2) is 4.98 Å². The van der Waals surface area contributed by atoms with E-state index in [1.807, 2.05) is 36.8 Å². The molecule has 1 aromatic carbocycles. The monoisotopic (exact) mass is 698 g/mol. The van der Waals surface area contributed by atoms with Gasteiger partial charge in [-0.1, -0.05) is 6.07 Å². The van der Waals surface area contributed by atoms with Crippen LogP contribution in [0, 0.1) is 6.92 Å². The molecule has 0 bridgehead atoms. The number of hydrogen-bond acceptors (Lipinski definition) is 12. The number of halogens is 3. The molecule has 16 heteroatoms. The average Bonchev–Trinajstić information content (AvgIpc) is 3.45. The standard InChI is InChI=1S/C33H41F3N10O2S/c1-21-27(49-30(38-21)26-19-44(14-15-48-26)18-23-8-9-42(3)28(47)16-23)20-43(4)32-40-29(39-31(37)41-32)22(2)45-10-12-46(13-11-45)25-7-5-6-24(17-25)33(34,35)36/h5-9,16-17,22,26H,10-15,18-20H2,1-4H3,(H2,37,39,40,41). The van der Waals surface area contributed by atoms with Crippen LogP contribution in [0.25, 0.3) is 0 Å². The molecule has 3 aromatic heterocycles. The molecule has 2 aliphatic heterocycles. The first-order valence-electron chi connectivity index (χ1n) is 16.2. The molecule has 2 atom stereocenters. The van der Waals surface area contributed by atoms with E-state index in [1.54, 1.807) is 41.3 Å². The summed E-state index contributed by atoms with van der Waals surface area (Å²) in [6.07, 6.45) is -2.76. The maximum atomic E-state index is 13.2. The van der Waals surface area contributed by atoms with Crippen LogP contribution in [0.15, 0.2) is 47.4 Å². The molecule has 0 spiro atoms. The van der Waals surface area contributed by atoms with Gasteiger partial charge in [-0.2, -0.15) is 28.1 Å². The van der Waals surface area contributed by atoms with Crippen LogP contribution in [0.5, 0.6) is 0 Å². The first kappa shape index (κ1) is 34.7. The minimum absolute atomic E-state index is 0.0246. The Morgan fingerprint density at radius 3 is 2.59 bits per heavy atom. The average molecular weight is 699 g/mol. The summed E-state index contributed by atoms with van der Waals surface area (Å²) in [6.45, 7) is 9.60. The van der Waals surface area contributed by atoms with Gasteiger partial charge in [0.25, 0.3) is 5.56 Å². The Balaban J connectivity index is 1.08. The van der Waals surface area contributed by atoms with Crippen LogP contribution in [0.1, 0.15) is 51.6 Å². The van der Waals surface area contributed by atoms with E-state index < -0.39 is 11.7 Å². The number of benzene rings is 1. The number of morpholine rings is 1. The molecular formula is C33H41F3N10O2S. The van der Waals surface area contributed by atoms with Crippen LogP contribution in [-0.4, -0.2) is 87.2 Å². The van der Waals surface area contributed by atoms with Gasteiger partial charge in [0.1, 0.15) is 11.1 Å². The van der Waals surface area contributed by atoms with Gasteiger partial charge in [0.15, 0.2) is 5.82 Å². The Kier molecular flexibility index (Phi) is 10.2. The second-order valence-electron chi connectivity index (χ2n) is 12.6. The van der Waals surface area contributed by atoms with Crippen molar-refractivity contribution in [2.75, 3.05) is 68.5 Å². The second-order valence-corrected chi connectivity index (χ2v) is 13.7. The summed E-state index contributed by atoms with van der Waals surface area (Å²) in [4.78, 5) is 40.0. The summed E-state index contributed by atoms with van der Waals surface area (Å²) < 4.78 is 47.4. The summed E-state index contributed by atoms with van der Waals surface area (Å²) in [7, 11) is 3.64. The van der Waals surface area contributed by atoms with Gasteiger partial charge in [-0.15, -0.1) is 11.3 Å². The summed E-state index contributed by atoms with van der Waals surface area (Å²) >= 11 is 1.60. The molecule has 4 aromatic rings. The quantitative estimate of drug-likeness (QED) is 0.273. The van der Waals surface area contributed by atoms with Gasteiger partial charge in [-0.05, 0) is 43.7 Å². The van der Waals surface area contributed by atoms with E-state index in [-0.39, 0.29) is 23.7 Å². The number of hydrogen-bond donors (Lipinski definition) is 1. The Bertz CT molecular complexity index is 1820. The number of aryl methyl sites for hydroxylation is 2. The Hall–Kier alpha value is -4.12. The second kappa shape index (κ2) is 14.4. The Labute approximate surface area is 287 Å². The van der Waals surface area contributed by atoms with E-state index in [0.717, 1.165) is 33.8 Å². The van der Waals surface area contributed by atoms with E-state index in [2.05, 4.69) is 19.8 Å². The number of piperazine rings is 1. The lowest BCUT2D eigenvalue weighted by molar-refractivity contribution is -0.137. The summed E-state index contributed by atoms with van der Waals surface area (Å²) in [5, 5.41) is 0.906. The highest BCUT2D eigenvalue weighted by Crippen LogP contribution is 2.33. The van der Waals surface area contributed by atoms with E-state index >= 15 is 0 Å². The summed E-state index contributed by atoms with van der Waals surface area (Å²) in [6, 6.07) is 8.93. The number of thiazole rings is 1. The number of ether oxygens (including phenoxy) is 1. The van der Waals surface area contributed by atoms with Crippen LogP contribution in [-0.2, 0) is 31.1 Å². The number of aromatic nitrogens is 5. The molecule has 2 unspecified atom stereocenters. The normalized spacial score (nSPS) is 18.5. The minimum Gasteiger partial charge on any atom is -0.369 e. The zero-order valence-electron chi connectivity index (χ0n) is 28.0. The molecule has 5 heterocycles. The lowest BCUT2D eigenvalue weighted by Crippen LogP contribution is -2.47. The van der Waals surface area contributed by atoms with Gasteiger partial charge in [-0.3, -0.25) is 14.6 Å². The van der Waals surface area contributed by atoms with Crippen LogP contribution in [0.2, 0.25) is 0 Å². The van der Waals surface area contributed by atoms with Crippen molar-refractivity contribution in [2.45, 2.75) is 45.3 Å². The van der Waals surface area contributed by atoms with Crippen molar-refractivity contribution in [3.8, 4) is 0 Å². The van der Waals surface area contributed by atoms with Crippen molar-refractivity contribution in [2.24, 2.45) is 7.05 Å². The van der Waals surface area contributed by atoms with Gasteiger partial charge in [0.2, 0.25) is 11.9 Å². The van der Waals surface area contributed by atoms with Crippen LogP contribution < -0.4 is 21.1 Å². The largest absolute Gasteiger partial charge is 0.416 e. The highest BCUT2D eigenvalue weighted by Gasteiger charge is 2.32. The van der Waals surface area contributed by atoms with Crippen molar-refractivity contribution < 1.29 is 17.9 Å². The highest BCUT2D eigenvalue weighted by molar-refractivity contribution is 7.11. The number of anilines is 3. The van der Waals surface area contributed by atoms with Crippen molar-refractivity contribution in [1.29, 1.82) is 0 Å². The summed E-state index contributed by atoms with van der Waals surface area (Å²) in [5.74, 6) is 1.10. The number of nitrogens with zero attached hydrogens (tertiary/aromatic N) is 9. The molecule has 2 fully saturated rings. The van der Waals surface area contributed by atoms with Crippen molar-refractivity contribution >= 4 is 28.9 Å². The lowest BCUT2D eigenvalue weighted by Gasteiger charge is -2.38. The molecule has 6 rings (SSSR count). The lowest BCUT2D eigenvalue weighted by atomic mass is 10.1. The first-order chi connectivity index (χ1) is 23.3. The minimum atomic E-state index is -4.38. The smallest absolute Gasteiger partial charge is 0.369 e. The molecule has 0 radical (unpaired) electrons. The number of pyridine rings is 1. The fourth-order valence-corrected chi connectivity index (χ4v) is 7.29. The number of nitrogens with two attached hydrogens (primary N) is 1. The van der Waals surface area contributed by atoms with Gasteiger partial charge in [0.05, 0.1) is 30.5 Å². The first-order valence-corrected chi connectivity index (χ1v) is 17.0. The zero-order chi connectivity index (χ0) is 34.9. The predicted octanol–water partition coefficient (Wildman–Crippen LogP) is 4.03. The van der Waals surface area contributed by atoms with Gasteiger partial charge >= 0.3 is 6.18 Å². The SMILES string of the molecule is Cc1nc(C2CN(Cc3ccn(C)c(=O)c3)CCO2)sc1CN(C)c1nc(N)nc(C(C)N2CCN(c3cccc(C(F)(F)F)c3)CC2)n1. The molecule has 0 saturated carbocycles. The molecule has 2 N–H and O–H groups in total. The molecular weight excluding hydrogens is 657 g/mol. The van der Waals surface area contributed by atoms with Crippen LogP contribution in [0.3, 0.4) is 0 Å². The molecule has 262 valence electrons. The van der Waals surface area contributed by atoms with Crippen molar-refractivity contribution in [1.82, 2.24) is 34.3 Å². The molecule has 2 aliphatic rings. The predicted molar refractivity (Wildman–Crippen MR) is 182 cm³/mol. The summed E-state index contributed by atoms with van der Waals surface area (Å²) in [5.41, 5.74) is 7.94. The third-order valence-corrected chi connectivity index (χ3v) is 10.3. The molecule has 0 amide bonds. The van der Waals surface area contributed by atoms with Crippen molar-refractivity contribution in [3.63, 3.8) is 0 Å². The molecule has 0 aliphatic carbocycles. The van der Waals surface area contributed by atoms with E-state index in [4.69, 9.17) is 20.4 Å². The highest BCUT2D eigenvalue weighted by atomic mass is 32.1. The van der Waals surface area contributed by atoms with Gasteiger partial charge < -0.3 is 24.8 Å². The van der Waals surface area contributed by atoms with Gasteiger partial charge in [0, 0.05) is 82.7 Å². The third kappa shape index (κ3) is 8.20. The van der Waals surface area contributed by atoms with E-state index in [0.29, 0.717) is 69.9 Å². The Morgan fingerprint density at radius 2 is 1.86 bits per heavy atom. The number of rotatable bonds is 9. The number of alkyl halides is 3. The van der Waals surface area contributed by atoms with Crippen LogP contribution >= 0.6 is 11.3 Å². The van der Waals surface area contributed by atoms with E-state index in [9.17, 15) is 18.0 Å². The van der Waals surface area contributed by atoms with Crippen LogP contribution in [0.4, 0.5) is 30.8 Å². The third-order valence-electron chi connectivity index (χ3n) is 9.06. The molecule has 12 nitrogen and oxygen atoms in total. The van der Waals surface area contributed by atoms with E-state index in [1.165, 1.54) is 12.1 Å². The van der Waals surface area contributed by atoms with Crippen molar-refractivity contribution in [3.05, 3.63) is 85.5 Å². The fraction of sp³-hybridized carbons (Fsp3) is 0.485. The maximum absolute atomic E-state index is 13.2. The number of nitrogen functional groups attached to an aromatic ring is 1. The Morgan fingerprint density at radius 1 is 1.08 bits per heavy atom. The fourth-order valence-electron chi connectivity index (χ4n) is 6.13. The zero-order valence-corrected chi connectivity index (χ0v) is 28.8. The molecule has 49 heavy (non-hydrogen) atoms. The molecule has 2 saturated heterocycles.